The molecule has 0 saturated heterocycles. The van der Waals surface area contributed by atoms with Gasteiger partial charge in [-0.15, -0.1) is 0 Å². The van der Waals surface area contributed by atoms with Gasteiger partial charge in [0.25, 0.3) is 11.2 Å². The van der Waals surface area contributed by atoms with Crippen molar-refractivity contribution >= 4 is 15.1 Å². The number of amides is 1. The van der Waals surface area contributed by atoms with Crippen LogP contribution >= 0.6 is 9.24 Å². The van der Waals surface area contributed by atoms with E-state index in [9.17, 15) is 27.2 Å². The maximum absolute atomic E-state index is 14.4. The van der Waals surface area contributed by atoms with E-state index in [1.807, 2.05) is 6.07 Å². The fraction of sp³-hybridized carbons (Fsp3) is 0.429. The predicted molar refractivity (Wildman–Crippen MR) is 112 cm³/mol. The summed E-state index contributed by atoms with van der Waals surface area (Å²) in [6, 6.07) is 5.07. The summed E-state index contributed by atoms with van der Waals surface area (Å²) >= 11 is 0. The average Bonchev–Trinajstić information content (AvgIpc) is 3.42. The van der Waals surface area contributed by atoms with Gasteiger partial charge in [0.2, 0.25) is 5.91 Å². The van der Waals surface area contributed by atoms with E-state index in [2.05, 4.69) is 10.3 Å². The first kappa shape index (κ1) is 23.9. The summed E-state index contributed by atoms with van der Waals surface area (Å²) in [4.78, 5) is 29.3. The van der Waals surface area contributed by atoms with E-state index >= 15 is 0 Å². The zero-order chi connectivity index (χ0) is 23.7. The monoisotopic (exact) mass is 468 g/mol. The van der Waals surface area contributed by atoms with Crippen LogP contribution in [0.5, 0.6) is 0 Å². The minimum absolute atomic E-state index is 0.0573. The van der Waals surface area contributed by atoms with Gasteiger partial charge in [0, 0.05) is 18.9 Å². The molecule has 2 aromatic rings. The Balaban J connectivity index is 1.97. The first-order valence-electron chi connectivity index (χ1n) is 9.89. The van der Waals surface area contributed by atoms with Crippen LogP contribution in [0.1, 0.15) is 37.1 Å². The van der Waals surface area contributed by atoms with Gasteiger partial charge in [-0.2, -0.15) is 5.26 Å². The molecule has 1 atom stereocenters. The topological polar surface area (TPSA) is 87.8 Å². The lowest BCUT2D eigenvalue weighted by Gasteiger charge is -2.16. The quantitative estimate of drug-likeness (QED) is 0.475. The lowest BCUT2D eigenvalue weighted by molar-refractivity contribution is -0.122. The second-order valence-corrected chi connectivity index (χ2v) is 8.79. The van der Waals surface area contributed by atoms with Crippen molar-refractivity contribution in [1.82, 2.24) is 14.9 Å². The zero-order valence-corrected chi connectivity index (χ0v) is 18.4. The second-order valence-electron chi connectivity index (χ2n) is 7.94. The van der Waals surface area contributed by atoms with E-state index in [4.69, 9.17) is 5.26 Å². The highest BCUT2D eigenvalue weighted by atomic mass is 31.0. The van der Waals surface area contributed by atoms with Crippen LogP contribution in [0.2, 0.25) is 0 Å². The van der Waals surface area contributed by atoms with Crippen molar-refractivity contribution in [2.75, 3.05) is 0 Å². The standard InChI is InChI=1S/C21H21F4N4O2P/c1-12-7-13(22)19(14(23)8-12)15-9-18(31)29(10-17(30)28-20(11-26)5-6-20)16(27-15)3-2-4-21(24,25)32/h7-9H,2-6,10,32H2,1H3,(H,28,30). The maximum Gasteiger partial charge on any atom is 0.259 e. The summed E-state index contributed by atoms with van der Waals surface area (Å²) in [6.07, 6.45) is 0.232. The molecule has 1 N–H and O–H groups in total. The van der Waals surface area contributed by atoms with Gasteiger partial charge in [0.1, 0.15) is 29.5 Å². The first-order chi connectivity index (χ1) is 14.9. The summed E-state index contributed by atoms with van der Waals surface area (Å²) in [5.41, 5.74) is -5.21. The number of nitriles is 1. The van der Waals surface area contributed by atoms with E-state index < -0.39 is 52.8 Å². The smallest absolute Gasteiger partial charge is 0.259 e. The molecule has 1 saturated carbocycles. The Labute approximate surface area is 183 Å². The van der Waals surface area contributed by atoms with Crippen LogP contribution in [-0.4, -0.2) is 26.7 Å². The molecule has 1 aliphatic carbocycles. The molecule has 1 aromatic heterocycles. The molecule has 3 rings (SSSR count). The molecule has 32 heavy (non-hydrogen) atoms. The SMILES string of the molecule is Cc1cc(F)c(-c2cc(=O)n(CC(=O)NC3(C#N)CC3)c(CCCC(F)(F)P)n2)c(F)c1. The highest BCUT2D eigenvalue weighted by Gasteiger charge is 2.44. The number of halogens is 4. The van der Waals surface area contributed by atoms with Crippen molar-refractivity contribution in [2.45, 2.75) is 56.8 Å². The molecule has 1 unspecified atom stereocenters. The maximum atomic E-state index is 14.4. The highest BCUT2D eigenvalue weighted by Crippen LogP contribution is 2.34. The first-order valence-corrected chi connectivity index (χ1v) is 10.5. The molecule has 0 aliphatic heterocycles. The van der Waals surface area contributed by atoms with E-state index in [1.54, 1.807) is 0 Å². The summed E-state index contributed by atoms with van der Waals surface area (Å²) < 4.78 is 56.3. The van der Waals surface area contributed by atoms with Crippen molar-refractivity contribution in [2.24, 2.45) is 0 Å². The van der Waals surface area contributed by atoms with Gasteiger partial charge in [-0.1, -0.05) is 9.24 Å². The van der Waals surface area contributed by atoms with Gasteiger partial charge in [-0.3, -0.25) is 14.2 Å². The molecule has 1 amide bonds. The third-order valence-corrected chi connectivity index (χ3v) is 5.37. The van der Waals surface area contributed by atoms with E-state index in [0.717, 1.165) is 22.8 Å². The van der Waals surface area contributed by atoms with Crippen LogP contribution in [0.15, 0.2) is 23.0 Å². The van der Waals surface area contributed by atoms with Crippen molar-refractivity contribution in [3.05, 3.63) is 51.6 Å². The highest BCUT2D eigenvalue weighted by molar-refractivity contribution is 7.18. The fourth-order valence-corrected chi connectivity index (χ4v) is 3.51. The minimum Gasteiger partial charge on any atom is -0.336 e. The summed E-state index contributed by atoms with van der Waals surface area (Å²) in [6.45, 7) is 1.00. The van der Waals surface area contributed by atoms with Crippen molar-refractivity contribution in [1.29, 1.82) is 5.26 Å². The van der Waals surface area contributed by atoms with Crippen LogP contribution in [-0.2, 0) is 17.8 Å². The largest absolute Gasteiger partial charge is 0.336 e. The number of carbonyl (C=O) groups excluding carboxylic acids is 1. The molecular formula is C21H21F4N4O2P. The molecule has 1 fully saturated rings. The number of nitrogens with one attached hydrogen (secondary N) is 1. The lowest BCUT2D eigenvalue weighted by atomic mass is 10.1. The van der Waals surface area contributed by atoms with E-state index in [-0.39, 0.29) is 24.4 Å². The summed E-state index contributed by atoms with van der Waals surface area (Å²) in [5, 5.41) is 11.7. The van der Waals surface area contributed by atoms with Gasteiger partial charge in [0.15, 0.2) is 0 Å². The van der Waals surface area contributed by atoms with Crippen molar-refractivity contribution < 1.29 is 22.4 Å². The second kappa shape index (κ2) is 8.99. The Kier molecular flexibility index (Phi) is 6.70. The summed E-state index contributed by atoms with van der Waals surface area (Å²) in [7, 11) is 1.41. The van der Waals surface area contributed by atoms with E-state index in [1.165, 1.54) is 16.2 Å². The van der Waals surface area contributed by atoms with Gasteiger partial charge in [-0.05, 0) is 43.9 Å². The van der Waals surface area contributed by atoms with Gasteiger partial charge < -0.3 is 5.32 Å². The minimum atomic E-state index is -3.03. The lowest BCUT2D eigenvalue weighted by Crippen LogP contribution is -2.40. The molecule has 170 valence electrons. The molecule has 0 bridgehead atoms. The Morgan fingerprint density at radius 2 is 1.94 bits per heavy atom. The van der Waals surface area contributed by atoms with E-state index in [0.29, 0.717) is 18.4 Å². The fourth-order valence-electron chi connectivity index (χ4n) is 3.31. The number of hydrogen-bond donors (Lipinski definition) is 1. The van der Waals surface area contributed by atoms with Gasteiger partial charge in [0.05, 0.1) is 17.3 Å². The van der Waals surface area contributed by atoms with Gasteiger partial charge >= 0.3 is 0 Å². The number of nitrogens with zero attached hydrogens (tertiary/aromatic N) is 3. The molecule has 11 heteroatoms. The van der Waals surface area contributed by atoms with Crippen LogP contribution in [0.4, 0.5) is 17.6 Å². The average molecular weight is 468 g/mol. The Morgan fingerprint density at radius 1 is 1.31 bits per heavy atom. The van der Waals surface area contributed by atoms with Gasteiger partial charge in [-0.25, -0.2) is 22.5 Å². The Hall–Kier alpha value is -2.79. The Bertz CT molecular complexity index is 1130. The van der Waals surface area contributed by atoms with Crippen molar-refractivity contribution in [3.8, 4) is 17.3 Å². The predicted octanol–water partition coefficient (Wildman–Crippen LogP) is 3.46. The Morgan fingerprint density at radius 3 is 2.47 bits per heavy atom. The molecule has 1 aromatic carbocycles. The molecule has 0 spiro atoms. The van der Waals surface area contributed by atoms with Crippen LogP contribution in [0.3, 0.4) is 0 Å². The normalized spacial score (nSPS) is 14.7. The number of alkyl halides is 2. The number of rotatable bonds is 8. The molecular weight excluding hydrogens is 447 g/mol. The molecule has 1 aliphatic rings. The number of aromatic nitrogens is 2. The molecule has 0 radical (unpaired) electrons. The molecule has 1 heterocycles. The number of benzene rings is 1. The van der Waals surface area contributed by atoms with Crippen LogP contribution in [0, 0.1) is 29.9 Å². The zero-order valence-electron chi connectivity index (χ0n) is 17.2. The number of aryl methyl sites for hydroxylation is 2. The van der Waals surface area contributed by atoms with Crippen molar-refractivity contribution in [3.63, 3.8) is 0 Å². The molecule has 6 nitrogen and oxygen atoms in total. The third-order valence-electron chi connectivity index (χ3n) is 5.08. The summed E-state index contributed by atoms with van der Waals surface area (Å²) in [5.74, 6) is -2.52. The van der Waals surface area contributed by atoms with Crippen LogP contribution < -0.4 is 10.9 Å². The number of hydrogen-bond acceptors (Lipinski definition) is 4. The third kappa shape index (κ3) is 5.71. The van der Waals surface area contributed by atoms with Crippen LogP contribution in [0.25, 0.3) is 11.3 Å². The number of carbonyl (C=O) groups is 1.